The van der Waals surface area contributed by atoms with Crippen LogP contribution in [-0.2, 0) is 4.79 Å². The maximum Gasteiger partial charge on any atom is 0.412 e. The molecule has 1 aliphatic rings. The number of nitrogens with one attached hydrogen (secondary N) is 1. The van der Waals surface area contributed by atoms with E-state index in [1.54, 1.807) is 12.4 Å². The molecule has 6 nitrogen and oxygen atoms in total. The minimum Gasteiger partial charge on any atom is -0.367 e. The summed E-state index contributed by atoms with van der Waals surface area (Å²) in [5.41, 5.74) is 7.31. The first-order valence-corrected chi connectivity index (χ1v) is 8.33. The van der Waals surface area contributed by atoms with Gasteiger partial charge in [-0.1, -0.05) is 13.0 Å². The number of alkyl halides is 3. The maximum absolute atomic E-state index is 12.6. The molecule has 3 N–H and O–H groups in total. The highest BCUT2D eigenvalue weighted by Gasteiger charge is 2.43. The van der Waals surface area contributed by atoms with Crippen LogP contribution in [-0.4, -0.2) is 47.2 Å². The van der Waals surface area contributed by atoms with E-state index >= 15 is 0 Å². The molecule has 1 aromatic heterocycles. The van der Waals surface area contributed by atoms with E-state index in [2.05, 4.69) is 15.3 Å². The van der Waals surface area contributed by atoms with Crippen LogP contribution >= 0.6 is 0 Å². The second-order valence-electron chi connectivity index (χ2n) is 6.67. The Balaban J connectivity index is 1.79. The van der Waals surface area contributed by atoms with Gasteiger partial charge in [0.05, 0.1) is 11.2 Å². The number of para-hydroxylation sites is 1. The third kappa shape index (κ3) is 3.87. The van der Waals surface area contributed by atoms with Crippen molar-refractivity contribution in [2.45, 2.75) is 31.6 Å². The molecule has 26 heavy (non-hydrogen) atoms. The number of nitrogens with zero attached hydrogens (tertiary/aromatic N) is 3. The van der Waals surface area contributed by atoms with E-state index in [4.69, 9.17) is 5.73 Å². The quantitative estimate of drug-likeness (QED) is 0.865. The van der Waals surface area contributed by atoms with Gasteiger partial charge < -0.3 is 16.0 Å². The summed E-state index contributed by atoms with van der Waals surface area (Å²) in [6, 6.07) is 2.66. The van der Waals surface area contributed by atoms with Crippen LogP contribution in [0.5, 0.6) is 0 Å². The van der Waals surface area contributed by atoms with Crippen molar-refractivity contribution in [1.29, 1.82) is 0 Å². The number of nitrogens with two attached hydrogens (primary N) is 1. The number of carbonyl (C=O) groups is 1. The number of hydrogen-bond donors (Lipinski definition) is 2. The molecule has 140 valence electrons. The predicted molar refractivity (Wildman–Crippen MR) is 91.5 cm³/mol. The molecule has 1 aliphatic heterocycles. The number of hydrogen-bond acceptors (Lipinski definition) is 5. The average Bonchev–Trinajstić information content (AvgIpc) is 2.59. The molecular formula is C17H20F3N5O. The van der Waals surface area contributed by atoms with Gasteiger partial charge in [0.2, 0.25) is 5.91 Å². The van der Waals surface area contributed by atoms with Crippen molar-refractivity contribution in [3.8, 4) is 0 Å². The Hall–Kier alpha value is -2.42. The van der Waals surface area contributed by atoms with Crippen LogP contribution in [0.1, 0.15) is 13.3 Å². The van der Waals surface area contributed by atoms with Crippen LogP contribution in [0.2, 0.25) is 0 Å². The van der Waals surface area contributed by atoms with Gasteiger partial charge in [0.25, 0.3) is 0 Å². The van der Waals surface area contributed by atoms with Crippen LogP contribution in [0.4, 0.5) is 18.9 Å². The standard InChI is InChI=1S/C17H20F3N5O/c1-10-7-11(24-16(26)15(21)17(18,19)20)9-25(8-10)13-4-2-3-12-14(13)23-6-5-22-12/h2-6,10-11,15H,7-9,21H2,1H3,(H,24,26)/t10-,11+,15+/m0/s1. The number of rotatable bonds is 3. The Morgan fingerprint density at radius 1 is 1.31 bits per heavy atom. The molecule has 0 radical (unpaired) electrons. The second-order valence-corrected chi connectivity index (χ2v) is 6.67. The first kappa shape index (κ1) is 18.4. The predicted octanol–water partition coefficient (Wildman–Crippen LogP) is 1.85. The monoisotopic (exact) mass is 367 g/mol. The van der Waals surface area contributed by atoms with Crippen molar-refractivity contribution in [3.05, 3.63) is 30.6 Å². The second kappa shape index (κ2) is 7.06. The Bertz CT molecular complexity index is 792. The Morgan fingerprint density at radius 2 is 2.04 bits per heavy atom. The Labute approximate surface area is 148 Å². The molecule has 0 unspecified atom stereocenters. The smallest absolute Gasteiger partial charge is 0.367 e. The summed E-state index contributed by atoms with van der Waals surface area (Å²) in [6.07, 6.45) is -0.966. The molecule has 0 aliphatic carbocycles. The van der Waals surface area contributed by atoms with Crippen LogP contribution in [0.15, 0.2) is 30.6 Å². The number of aromatic nitrogens is 2. The molecule has 1 fully saturated rings. The average molecular weight is 367 g/mol. The van der Waals surface area contributed by atoms with Crippen molar-refractivity contribution in [3.63, 3.8) is 0 Å². The van der Waals surface area contributed by atoms with E-state index in [0.717, 1.165) is 16.7 Å². The summed E-state index contributed by atoms with van der Waals surface area (Å²) >= 11 is 0. The molecule has 1 amide bonds. The molecule has 1 aromatic carbocycles. The first-order chi connectivity index (χ1) is 12.3. The van der Waals surface area contributed by atoms with E-state index in [1.807, 2.05) is 30.0 Å². The van der Waals surface area contributed by atoms with Crippen LogP contribution in [0, 0.1) is 5.92 Å². The molecule has 0 saturated carbocycles. The van der Waals surface area contributed by atoms with Gasteiger partial charge in [0.15, 0.2) is 6.04 Å². The van der Waals surface area contributed by atoms with Gasteiger partial charge in [-0.15, -0.1) is 0 Å². The molecule has 3 atom stereocenters. The molecule has 2 heterocycles. The van der Waals surface area contributed by atoms with Crippen LogP contribution in [0.3, 0.4) is 0 Å². The van der Waals surface area contributed by atoms with Gasteiger partial charge in [-0.05, 0) is 24.5 Å². The SMILES string of the molecule is C[C@H]1C[C@@H](NC(=O)[C@@H](N)C(F)(F)F)CN(c2cccc3nccnc23)C1. The lowest BCUT2D eigenvalue weighted by molar-refractivity contribution is -0.163. The minimum absolute atomic E-state index is 0.183. The van der Waals surface area contributed by atoms with Gasteiger partial charge in [-0.2, -0.15) is 13.2 Å². The third-order valence-corrected chi connectivity index (χ3v) is 4.46. The normalized spacial score (nSPS) is 22.3. The van der Waals surface area contributed by atoms with Crippen molar-refractivity contribution >= 4 is 22.6 Å². The molecule has 0 bridgehead atoms. The van der Waals surface area contributed by atoms with E-state index in [0.29, 0.717) is 19.5 Å². The van der Waals surface area contributed by atoms with E-state index in [9.17, 15) is 18.0 Å². The zero-order valence-corrected chi connectivity index (χ0v) is 14.2. The largest absolute Gasteiger partial charge is 0.412 e. The molecule has 9 heteroatoms. The minimum atomic E-state index is -4.75. The van der Waals surface area contributed by atoms with E-state index in [1.165, 1.54) is 0 Å². The molecule has 1 saturated heterocycles. The molecule has 0 spiro atoms. The lowest BCUT2D eigenvalue weighted by Gasteiger charge is -2.38. The highest BCUT2D eigenvalue weighted by molar-refractivity contribution is 5.88. The molecule has 3 rings (SSSR count). The van der Waals surface area contributed by atoms with Gasteiger partial charge >= 0.3 is 6.18 Å². The van der Waals surface area contributed by atoms with Gasteiger partial charge in [-0.3, -0.25) is 14.8 Å². The third-order valence-electron chi connectivity index (χ3n) is 4.46. The number of amides is 1. The fourth-order valence-corrected chi connectivity index (χ4v) is 3.33. The number of piperidine rings is 1. The lowest BCUT2D eigenvalue weighted by Crippen LogP contribution is -2.57. The Morgan fingerprint density at radius 3 is 2.77 bits per heavy atom. The zero-order chi connectivity index (χ0) is 18.9. The van der Waals surface area contributed by atoms with Crippen molar-refractivity contribution < 1.29 is 18.0 Å². The summed E-state index contributed by atoms with van der Waals surface area (Å²) in [5.74, 6) is -1.02. The number of anilines is 1. The molecular weight excluding hydrogens is 347 g/mol. The fraction of sp³-hybridized carbons (Fsp3) is 0.471. The first-order valence-electron chi connectivity index (χ1n) is 8.33. The fourth-order valence-electron chi connectivity index (χ4n) is 3.33. The van der Waals surface area contributed by atoms with Gasteiger partial charge in [0, 0.05) is 31.5 Å². The van der Waals surface area contributed by atoms with E-state index in [-0.39, 0.29) is 5.92 Å². The zero-order valence-electron chi connectivity index (χ0n) is 14.2. The summed E-state index contributed by atoms with van der Waals surface area (Å²) < 4.78 is 37.9. The van der Waals surface area contributed by atoms with Gasteiger partial charge in [-0.25, -0.2) is 0 Å². The van der Waals surface area contributed by atoms with Crippen molar-refractivity contribution in [2.24, 2.45) is 11.7 Å². The number of benzene rings is 1. The van der Waals surface area contributed by atoms with E-state index < -0.39 is 24.2 Å². The lowest BCUT2D eigenvalue weighted by atomic mass is 9.95. The summed E-state index contributed by atoms with van der Waals surface area (Å²) in [7, 11) is 0. The van der Waals surface area contributed by atoms with Crippen molar-refractivity contribution in [1.82, 2.24) is 15.3 Å². The number of carbonyl (C=O) groups excluding carboxylic acids is 1. The number of halogens is 3. The maximum atomic E-state index is 12.6. The summed E-state index contributed by atoms with van der Waals surface area (Å²) in [6.45, 7) is 3.09. The molecule has 2 aromatic rings. The van der Waals surface area contributed by atoms with Crippen LogP contribution in [0.25, 0.3) is 11.0 Å². The number of fused-ring (bicyclic) bond motifs is 1. The summed E-state index contributed by atoms with van der Waals surface area (Å²) in [5, 5.41) is 2.44. The topological polar surface area (TPSA) is 84.1 Å². The highest BCUT2D eigenvalue weighted by atomic mass is 19.4. The highest BCUT2D eigenvalue weighted by Crippen LogP contribution is 2.28. The van der Waals surface area contributed by atoms with Crippen LogP contribution < -0.4 is 16.0 Å². The van der Waals surface area contributed by atoms with Gasteiger partial charge in [0.1, 0.15) is 5.52 Å². The van der Waals surface area contributed by atoms with Crippen molar-refractivity contribution in [2.75, 3.05) is 18.0 Å². The summed E-state index contributed by atoms with van der Waals surface area (Å²) in [4.78, 5) is 22.5. The Kier molecular flexibility index (Phi) is 4.99.